The third-order valence-corrected chi connectivity index (χ3v) is 8.82. The number of carbonyl (C=O) groups excluding carboxylic acids is 3. The maximum absolute atomic E-state index is 13.3. The van der Waals surface area contributed by atoms with Crippen molar-refractivity contribution in [3.63, 3.8) is 0 Å². The van der Waals surface area contributed by atoms with Crippen molar-refractivity contribution in [1.82, 2.24) is 25.7 Å². The number of rotatable bonds is 10. The number of carbonyl (C=O) groups is 4. The van der Waals surface area contributed by atoms with Crippen LogP contribution < -0.4 is 26.8 Å². The number of thiazole rings is 2. The average molecular weight is 633 g/mol. The Morgan fingerprint density at radius 1 is 1.17 bits per heavy atom. The van der Waals surface area contributed by atoms with Crippen LogP contribution in [0.3, 0.4) is 0 Å². The number of β-lactam (4-membered cyclic amide) rings is 1. The summed E-state index contributed by atoms with van der Waals surface area (Å²) in [6.07, 6.45) is 3.10. The second kappa shape index (κ2) is 12.1. The first-order valence-electron chi connectivity index (χ1n) is 11.9. The molecule has 0 saturated carbocycles. The molecule has 218 valence electrons. The van der Waals surface area contributed by atoms with Crippen molar-refractivity contribution >= 4 is 74.1 Å². The summed E-state index contributed by atoms with van der Waals surface area (Å²) in [5.74, 6) is -3.08. The molecular formula is C23H22N9O7S3+. The molecule has 0 bridgehead atoms. The van der Waals surface area contributed by atoms with E-state index >= 15 is 0 Å². The van der Waals surface area contributed by atoms with Gasteiger partial charge >= 0.3 is 5.97 Å². The Kier molecular flexibility index (Phi) is 8.34. The minimum atomic E-state index is -1.29. The number of nitrogens with one attached hydrogen (secondary N) is 2. The van der Waals surface area contributed by atoms with Crippen molar-refractivity contribution in [3.8, 4) is 0 Å². The maximum atomic E-state index is 13.3. The number of hydrogen-bond donors (Lipinski definition) is 6. The number of oxime groups is 1. The predicted octanol–water partition coefficient (Wildman–Crippen LogP) is -0.470. The van der Waals surface area contributed by atoms with Gasteiger partial charge in [0.2, 0.25) is 0 Å². The zero-order valence-electron chi connectivity index (χ0n) is 21.3. The molecule has 19 heteroatoms. The zero-order chi connectivity index (χ0) is 30.0. The molecule has 0 aromatic carbocycles. The third kappa shape index (κ3) is 5.88. The number of aliphatic carboxylic acids is 1. The van der Waals surface area contributed by atoms with Gasteiger partial charge in [-0.3, -0.25) is 24.5 Å². The van der Waals surface area contributed by atoms with Crippen LogP contribution in [0.15, 0.2) is 51.7 Å². The van der Waals surface area contributed by atoms with Gasteiger partial charge in [-0.05, 0) is 0 Å². The molecule has 3 amide bonds. The van der Waals surface area contributed by atoms with E-state index in [0.717, 1.165) is 16.2 Å². The monoisotopic (exact) mass is 632 g/mol. The Morgan fingerprint density at radius 3 is 2.50 bits per heavy atom. The summed E-state index contributed by atoms with van der Waals surface area (Å²) >= 11 is 3.60. The van der Waals surface area contributed by atoms with E-state index in [1.807, 2.05) is 0 Å². The number of nitrogens with two attached hydrogens (primary N) is 2. The number of fused-ring (bicyclic) bond motifs is 1. The lowest BCUT2D eigenvalue weighted by molar-refractivity contribution is -0.689. The highest BCUT2D eigenvalue weighted by Crippen LogP contribution is 2.40. The van der Waals surface area contributed by atoms with Crippen molar-refractivity contribution in [2.75, 3.05) is 17.2 Å². The van der Waals surface area contributed by atoms with Crippen LogP contribution in [0, 0.1) is 0 Å². The van der Waals surface area contributed by atoms with Crippen LogP contribution in [0.4, 0.5) is 10.3 Å². The first-order chi connectivity index (χ1) is 20.2. The van der Waals surface area contributed by atoms with Gasteiger partial charge in [-0.15, -0.1) is 34.4 Å². The Bertz CT molecular complexity index is 1620. The van der Waals surface area contributed by atoms with Crippen LogP contribution in [-0.2, 0) is 32.4 Å². The minimum Gasteiger partial charge on any atom is -0.477 e. The number of anilines is 2. The van der Waals surface area contributed by atoms with Gasteiger partial charge < -0.3 is 26.7 Å². The lowest BCUT2D eigenvalue weighted by atomic mass is 10.0. The minimum absolute atomic E-state index is 0.0658. The van der Waals surface area contributed by atoms with E-state index in [1.54, 1.807) is 22.3 Å². The van der Waals surface area contributed by atoms with Crippen LogP contribution in [0.2, 0.25) is 0 Å². The molecule has 5 heterocycles. The van der Waals surface area contributed by atoms with Gasteiger partial charge in [0.1, 0.15) is 22.8 Å². The molecule has 1 unspecified atom stereocenters. The van der Waals surface area contributed by atoms with Crippen LogP contribution >= 0.6 is 34.4 Å². The summed E-state index contributed by atoms with van der Waals surface area (Å²) in [4.78, 5) is 64.8. The number of hydroxylamine groups is 1. The van der Waals surface area contributed by atoms with Crippen LogP contribution in [0.25, 0.3) is 0 Å². The molecule has 2 aliphatic rings. The fourth-order valence-electron chi connectivity index (χ4n) is 4.17. The highest BCUT2D eigenvalue weighted by atomic mass is 32.2. The number of amides is 3. The number of nitrogen functional groups attached to an aromatic ring is 2. The fraction of sp³-hybridized carbons (Fsp3) is 0.217. The second-order valence-corrected chi connectivity index (χ2v) is 11.7. The molecule has 0 radical (unpaired) electrons. The normalized spacial score (nSPS) is 18.3. The molecule has 8 N–H and O–H groups in total. The highest BCUT2D eigenvalue weighted by molar-refractivity contribution is 8.00. The molecule has 42 heavy (non-hydrogen) atoms. The van der Waals surface area contributed by atoms with E-state index < -0.39 is 35.1 Å². The number of thioether (sulfide) groups is 1. The lowest BCUT2D eigenvalue weighted by Crippen LogP contribution is -2.71. The smallest absolute Gasteiger partial charge is 0.352 e. The predicted molar refractivity (Wildman–Crippen MR) is 150 cm³/mol. The largest absolute Gasteiger partial charge is 0.477 e. The molecule has 5 rings (SSSR count). The van der Waals surface area contributed by atoms with Gasteiger partial charge in [-0.2, -0.15) is 0 Å². The number of hydrogen-bond acceptors (Lipinski definition) is 14. The number of nitrogens with zero attached hydrogens (tertiary/aromatic N) is 5. The molecule has 16 nitrogen and oxygen atoms in total. The average Bonchev–Trinajstić information content (AvgIpc) is 3.60. The van der Waals surface area contributed by atoms with E-state index in [1.165, 1.54) is 46.1 Å². The van der Waals surface area contributed by atoms with Crippen LogP contribution in [0.1, 0.15) is 21.7 Å². The Hall–Kier alpha value is -4.59. The molecule has 2 atom stereocenters. The van der Waals surface area contributed by atoms with E-state index in [4.69, 9.17) is 21.5 Å². The van der Waals surface area contributed by atoms with Gasteiger partial charge in [0.05, 0.1) is 11.3 Å². The molecule has 3 aromatic heterocycles. The lowest BCUT2D eigenvalue weighted by Gasteiger charge is -2.49. The first-order valence-corrected chi connectivity index (χ1v) is 14.7. The second-order valence-electron chi connectivity index (χ2n) is 8.78. The number of aromatic nitrogens is 3. The summed E-state index contributed by atoms with van der Waals surface area (Å²) in [6, 6.07) is 1.88. The van der Waals surface area contributed by atoms with Crippen molar-refractivity contribution < 1.29 is 38.9 Å². The van der Waals surface area contributed by atoms with Gasteiger partial charge in [-0.25, -0.2) is 24.8 Å². The number of carboxylic acids is 1. The van der Waals surface area contributed by atoms with Gasteiger partial charge in [0, 0.05) is 34.2 Å². The number of pyridine rings is 1. The molecule has 0 aliphatic carbocycles. The SMILES string of the molecule is Nc1nc(CO/N=C(\C(=O)NC2C(=O)N3C(C(=O)O)=C(C[n+]4ccc(C(=O)NO)cc4)CS[C@@H]23)c2csc(N)n2)cs1. The molecular weight excluding hydrogens is 611 g/mol. The third-order valence-electron chi connectivity index (χ3n) is 6.08. The quantitative estimate of drug-likeness (QED) is 0.0547. The summed E-state index contributed by atoms with van der Waals surface area (Å²) in [6.45, 7) is 0.0663. The summed E-state index contributed by atoms with van der Waals surface area (Å²) in [5.41, 5.74) is 13.8. The van der Waals surface area contributed by atoms with E-state index in [9.17, 15) is 24.3 Å². The Morgan fingerprint density at radius 2 is 1.88 bits per heavy atom. The van der Waals surface area contributed by atoms with Crippen molar-refractivity contribution in [2.45, 2.75) is 24.6 Å². The molecule has 2 aliphatic heterocycles. The fourth-order valence-corrected chi connectivity index (χ4v) is 6.60. The number of carboxylic acid groups (broad SMARTS) is 1. The zero-order valence-corrected chi connectivity index (χ0v) is 23.7. The molecule has 3 aromatic rings. The molecule has 0 spiro atoms. The standard InChI is InChI=1S/C23H21N9O7S3/c24-22-26-12(8-41-22)6-39-30-14(13-9-42-23(25)27-13)18(34)28-15-19(35)32-16(21(36)37)11(7-40-20(15)32)5-31-3-1-10(2-4-31)17(33)29-38/h1-4,8-9,15,20H,5-7H2,(H7-,24,25,26,27,28,29,30,33,34,36,37,38)/p+1/t15?,20-/m0/s1. The maximum Gasteiger partial charge on any atom is 0.352 e. The van der Waals surface area contributed by atoms with Gasteiger partial charge in [0.25, 0.3) is 17.7 Å². The van der Waals surface area contributed by atoms with E-state index in [-0.39, 0.29) is 46.7 Å². The topological polar surface area (TPSA) is 239 Å². The molecule has 1 fully saturated rings. The highest BCUT2D eigenvalue weighted by Gasteiger charge is 2.54. The van der Waals surface area contributed by atoms with Crippen LogP contribution in [0.5, 0.6) is 0 Å². The Labute approximate surface area is 248 Å². The Balaban J connectivity index is 1.31. The van der Waals surface area contributed by atoms with E-state index in [0.29, 0.717) is 16.4 Å². The van der Waals surface area contributed by atoms with Crippen molar-refractivity contribution in [1.29, 1.82) is 0 Å². The summed E-state index contributed by atoms with van der Waals surface area (Å²) in [7, 11) is 0. The van der Waals surface area contributed by atoms with Gasteiger partial charge in [-0.1, -0.05) is 5.16 Å². The first kappa shape index (κ1) is 28.9. The van der Waals surface area contributed by atoms with Crippen LogP contribution in [-0.4, -0.2) is 71.8 Å². The summed E-state index contributed by atoms with van der Waals surface area (Å²) in [5, 5.41) is 28.4. The van der Waals surface area contributed by atoms with Crippen molar-refractivity contribution in [3.05, 3.63) is 63.5 Å². The van der Waals surface area contributed by atoms with Gasteiger partial charge in [0.15, 0.2) is 41.5 Å². The summed E-state index contributed by atoms with van der Waals surface area (Å²) < 4.78 is 1.64. The van der Waals surface area contributed by atoms with Crippen molar-refractivity contribution in [2.24, 2.45) is 5.16 Å². The molecule has 1 saturated heterocycles. The van der Waals surface area contributed by atoms with E-state index in [2.05, 4.69) is 20.4 Å².